The largest absolute Gasteiger partial charge is 0.497 e. The number of hydrogen-bond acceptors (Lipinski definition) is 6. The van der Waals surface area contributed by atoms with Gasteiger partial charge >= 0.3 is 6.09 Å². The van der Waals surface area contributed by atoms with Crippen LogP contribution in [0.2, 0.25) is 0 Å². The molecule has 0 aromatic heterocycles. The molecule has 3 aromatic carbocycles. The molecule has 0 aliphatic rings. The molecular weight excluding hydrogens is 504 g/mol. The van der Waals surface area contributed by atoms with E-state index in [0.717, 1.165) is 11.1 Å². The van der Waals surface area contributed by atoms with E-state index in [2.05, 4.69) is 5.32 Å². The fourth-order valence-corrected chi connectivity index (χ4v) is 5.60. The van der Waals surface area contributed by atoms with E-state index in [1.165, 1.54) is 23.5 Å². The zero-order chi connectivity index (χ0) is 27.5. The number of alkyl carbamates (subject to hydrolysis) is 1. The number of sulfonamides is 1. The molecular formula is C29H36N2O6S. The highest BCUT2D eigenvalue weighted by Crippen LogP contribution is 2.22. The van der Waals surface area contributed by atoms with Crippen molar-refractivity contribution in [2.24, 2.45) is 5.92 Å². The number of benzene rings is 3. The van der Waals surface area contributed by atoms with Crippen LogP contribution in [0.1, 0.15) is 25.0 Å². The summed E-state index contributed by atoms with van der Waals surface area (Å²) in [7, 11) is -2.41. The number of carbonyl (C=O) groups is 1. The molecule has 0 heterocycles. The van der Waals surface area contributed by atoms with Crippen LogP contribution in [0, 0.1) is 5.92 Å². The second-order valence-corrected chi connectivity index (χ2v) is 11.4. The number of nitrogens with one attached hydrogen (secondary N) is 1. The maximum Gasteiger partial charge on any atom is 0.407 e. The Morgan fingerprint density at radius 2 is 1.47 bits per heavy atom. The molecule has 0 saturated carbocycles. The lowest BCUT2D eigenvalue weighted by molar-refractivity contribution is 0.0873. The first-order chi connectivity index (χ1) is 18.2. The van der Waals surface area contributed by atoms with Gasteiger partial charge in [-0.3, -0.25) is 0 Å². The number of rotatable bonds is 13. The minimum Gasteiger partial charge on any atom is -0.497 e. The van der Waals surface area contributed by atoms with Crippen LogP contribution in [0.4, 0.5) is 4.79 Å². The van der Waals surface area contributed by atoms with Gasteiger partial charge in [-0.1, -0.05) is 74.5 Å². The highest BCUT2D eigenvalue weighted by Gasteiger charge is 2.31. The number of carbonyl (C=O) groups excluding carboxylic acids is 1. The molecule has 8 nitrogen and oxygen atoms in total. The van der Waals surface area contributed by atoms with Gasteiger partial charge in [0.2, 0.25) is 10.0 Å². The smallest absolute Gasteiger partial charge is 0.407 e. The average Bonchev–Trinajstić information content (AvgIpc) is 2.92. The molecule has 2 N–H and O–H groups in total. The Morgan fingerprint density at radius 3 is 2.03 bits per heavy atom. The summed E-state index contributed by atoms with van der Waals surface area (Å²) in [6, 6.07) is 24.0. The second kappa shape index (κ2) is 13.9. The van der Waals surface area contributed by atoms with Gasteiger partial charge in [-0.2, -0.15) is 4.31 Å². The predicted molar refractivity (Wildman–Crippen MR) is 146 cm³/mol. The summed E-state index contributed by atoms with van der Waals surface area (Å²) < 4.78 is 38.8. The van der Waals surface area contributed by atoms with E-state index in [0.29, 0.717) is 12.2 Å². The van der Waals surface area contributed by atoms with Crippen molar-refractivity contribution in [2.45, 2.75) is 43.9 Å². The second-order valence-electron chi connectivity index (χ2n) is 9.46. The SMILES string of the molecule is COc1ccc(S(=O)(=O)N(CC(C)C)C[C@@H](O)C(Cc2ccccc2)NC(=O)OCc2ccccc2)cc1. The lowest BCUT2D eigenvalue weighted by Gasteiger charge is -2.30. The van der Waals surface area contributed by atoms with Gasteiger partial charge in [-0.05, 0) is 47.7 Å². The summed E-state index contributed by atoms with van der Waals surface area (Å²) in [5.41, 5.74) is 1.71. The monoisotopic (exact) mass is 540 g/mol. The summed E-state index contributed by atoms with van der Waals surface area (Å²) in [6.07, 6.45) is -1.60. The zero-order valence-electron chi connectivity index (χ0n) is 22.0. The van der Waals surface area contributed by atoms with Crippen LogP contribution < -0.4 is 10.1 Å². The van der Waals surface area contributed by atoms with Gasteiger partial charge in [-0.15, -0.1) is 0 Å². The van der Waals surface area contributed by atoms with Crippen molar-refractivity contribution in [3.05, 3.63) is 96.1 Å². The first-order valence-electron chi connectivity index (χ1n) is 12.5. The molecule has 1 amide bonds. The Labute approximate surface area is 225 Å². The topological polar surface area (TPSA) is 105 Å². The third-order valence-electron chi connectivity index (χ3n) is 5.94. The first kappa shape index (κ1) is 29.2. The minimum absolute atomic E-state index is 0.00611. The summed E-state index contributed by atoms with van der Waals surface area (Å²) in [5, 5.41) is 14.0. The normalized spacial score (nSPS) is 13.2. The molecule has 3 rings (SSSR count). The van der Waals surface area contributed by atoms with E-state index >= 15 is 0 Å². The average molecular weight is 541 g/mol. The Morgan fingerprint density at radius 1 is 0.895 bits per heavy atom. The maximum absolute atomic E-state index is 13.5. The van der Waals surface area contributed by atoms with Crippen LogP contribution >= 0.6 is 0 Å². The van der Waals surface area contributed by atoms with Gasteiger partial charge in [0.15, 0.2) is 0 Å². The van der Waals surface area contributed by atoms with Gasteiger partial charge in [-0.25, -0.2) is 13.2 Å². The van der Waals surface area contributed by atoms with Crippen LogP contribution in [0.3, 0.4) is 0 Å². The van der Waals surface area contributed by atoms with Crippen LogP contribution in [-0.4, -0.2) is 56.3 Å². The van der Waals surface area contributed by atoms with Crippen molar-refractivity contribution < 1.29 is 27.8 Å². The Hall–Kier alpha value is -3.40. The predicted octanol–water partition coefficient (Wildman–Crippen LogP) is 4.24. The minimum atomic E-state index is -3.92. The molecule has 0 spiro atoms. The number of nitrogens with zero attached hydrogens (tertiary/aromatic N) is 1. The first-order valence-corrected chi connectivity index (χ1v) is 14.0. The van der Waals surface area contributed by atoms with Crippen molar-refractivity contribution in [3.63, 3.8) is 0 Å². The van der Waals surface area contributed by atoms with E-state index in [4.69, 9.17) is 9.47 Å². The maximum atomic E-state index is 13.5. The molecule has 38 heavy (non-hydrogen) atoms. The molecule has 0 saturated heterocycles. The van der Waals surface area contributed by atoms with E-state index < -0.39 is 28.3 Å². The molecule has 0 fully saturated rings. The number of amides is 1. The highest BCUT2D eigenvalue weighted by atomic mass is 32.2. The van der Waals surface area contributed by atoms with Gasteiger partial charge in [0.25, 0.3) is 0 Å². The Kier molecular flexibility index (Phi) is 10.7. The van der Waals surface area contributed by atoms with Crippen molar-refractivity contribution >= 4 is 16.1 Å². The molecule has 2 atom stereocenters. The molecule has 3 aromatic rings. The summed E-state index contributed by atoms with van der Waals surface area (Å²) in [6.45, 7) is 3.88. The lowest BCUT2D eigenvalue weighted by atomic mass is 10.0. The van der Waals surface area contributed by atoms with Crippen LogP contribution in [0.5, 0.6) is 5.75 Å². The number of aliphatic hydroxyl groups is 1. The Balaban J connectivity index is 1.79. The van der Waals surface area contributed by atoms with E-state index in [9.17, 15) is 18.3 Å². The number of methoxy groups -OCH3 is 1. The molecule has 0 radical (unpaired) electrons. The molecule has 0 aliphatic heterocycles. The summed E-state index contributed by atoms with van der Waals surface area (Å²) >= 11 is 0. The fraction of sp³-hybridized carbons (Fsp3) is 0.345. The highest BCUT2D eigenvalue weighted by molar-refractivity contribution is 7.89. The van der Waals surface area contributed by atoms with E-state index in [1.807, 2.05) is 74.5 Å². The zero-order valence-corrected chi connectivity index (χ0v) is 22.8. The van der Waals surface area contributed by atoms with Gasteiger partial charge in [0, 0.05) is 13.1 Å². The Bertz CT molecular complexity index is 1240. The number of ether oxygens (including phenoxy) is 2. The van der Waals surface area contributed by atoms with E-state index in [1.54, 1.807) is 12.1 Å². The number of aliphatic hydroxyl groups excluding tert-OH is 1. The summed E-state index contributed by atoms with van der Waals surface area (Å²) in [4.78, 5) is 12.8. The lowest BCUT2D eigenvalue weighted by Crippen LogP contribution is -2.51. The van der Waals surface area contributed by atoms with Crippen molar-refractivity contribution in [1.82, 2.24) is 9.62 Å². The molecule has 9 heteroatoms. The van der Waals surface area contributed by atoms with E-state index in [-0.39, 0.29) is 30.5 Å². The van der Waals surface area contributed by atoms with Gasteiger partial charge in [0.1, 0.15) is 12.4 Å². The van der Waals surface area contributed by atoms with Crippen molar-refractivity contribution in [3.8, 4) is 5.75 Å². The summed E-state index contributed by atoms with van der Waals surface area (Å²) in [5.74, 6) is 0.548. The van der Waals surface area contributed by atoms with Crippen LogP contribution in [0.25, 0.3) is 0 Å². The number of hydrogen-bond donors (Lipinski definition) is 2. The van der Waals surface area contributed by atoms with Crippen molar-refractivity contribution in [2.75, 3.05) is 20.2 Å². The third-order valence-corrected chi connectivity index (χ3v) is 7.78. The fourth-order valence-electron chi connectivity index (χ4n) is 3.98. The van der Waals surface area contributed by atoms with Crippen LogP contribution in [0.15, 0.2) is 89.8 Å². The van der Waals surface area contributed by atoms with Gasteiger partial charge < -0.3 is 19.9 Å². The standard InChI is InChI=1S/C29H36N2O6S/c1-22(2)19-31(38(34,35)26-16-14-25(36-3)15-17-26)20-28(32)27(18-23-10-6-4-7-11-23)30-29(33)37-21-24-12-8-5-9-13-24/h4-17,22,27-28,32H,18-21H2,1-3H3,(H,30,33)/t27?,28-/m1/s1. The molecule has 204 valence electrons. The quantitative estimate of drug-likeness (QED) is 0.336. The van der Waals surface area contributed by atoms with Crippen molar-refractivity contribution in [1.29, 1.82) is 0 Å². The van der Waals surface area contributed by atoms with Gasteiger partial charge in [0.05, 0.1) is 24.2 Å². The third kappa shape index (κ3) is 8.58. The molecule has 1 unspecified atom stereocenters. The molecule has 0 aliphatic carbocycles. The molecule has 0 bridgehead atoms. The van der Waals surface area contributed by atoms with Crippen LogP contribution in [-0.2, 0) is 27.8 Å².